The first kappa shape index (κ1) is 19.9. The van der Waals surface area contributed by atoms with Crippen molar-refractivity contribution in [3.63, 3.8) is 0 Å². The number of likely N-dealkylation sites (tertiary alicyclic amines) is 1. The van der Waals surface area contributed by atoms with Crippen LogP contribution < -0.4 is 4.72 Å². The number of piperidine rings is 1. The Morgan fingerprint density at radius 1 is 1.33 bits per heavy atom. The lowest BCUT2D eigenvalue weighted by Crippen LogP contribution is -2.57. The van der Waals surface area contributed by atoms with E-state index in [1.807, 2.05) is 12.1 Å². The van der Waals surface area contributed by atoms with Crippen LogP contribution in [0.3, 0.4) is 0 Å². The van der Waals surface area contributed by atoms with E-state index in [9.17, 15) is 13.2 Å². The Kier molecular flexibility index (Phi) is 6.22. The molecule has 7 heteroatoms. The van der Waals surface area contributed by atoms with Crippen molar-refractivity contribution in [3.8, 4) is 0 Å². The number of allylic oxidation sites excluding steroid dienone is 2. The average molecular weight is 393 g/mol. The summed E-state index contributed by atoms with van der Waals surface area (Å²) >= 11 is 0. The highest BCUT2D eigenvalue weighted by molar-refractivity contribution is 7.88. The van der Waals surface area contributed by atoms with E-state index in [1.54, 1.807) is 4.90 Å². The van der Waals surface area contributed by atoms with Crippen molar-refractivity contribution in [2.24, 2.45) is 0 Å². The maximum absolute atomic E-state index is 12.3. The number of sulfonamides is 1. The van der Waals surface area contributed by atoms with Crippen LogP contribution in [0.15, 0.2) is 30.3 Å². The smallest absolute Gasteiger partial charge is 0.409 e. The van der Waals surface area contributed by atoms with Crippen LogP contribution in [0.2, 0.25) is 0 Å². The summed E-state index contributed by atoms with van der Waals surface area (Å²) < 4.78 is 31.3. The third-order valence-electron chi connectivity index (χ3n) is 5.34. The molecule has 2 atom stereocenters. The molecule has 148 valence electrons. The van der Waals surface area contributed by atoms with Gasteiger partial charge in [-0.2, -0.15) is 0 Å². The number of amides is 1. The van der Waals surface area contributed by atoms with Gasteiger partial charge in [0.05, 0.1) is 19.4 Å². The predicted molar refractivity (Wildman–Crippen MR) is 106 cm³/mol. The van der Waals surface area contributed by atoms with Crippen LogP contribution in [0.4, 0.5) is 4.79 Å². The molecule has 1 amide bonds. The summed E-state index contributed by atoms with van der Waals surface area (Å²) in [5.74, 6) is 0. The summed E-state index contributed by atoms with van der Waals surface area (Å²) in [7, 11) is -2.00. The Labute approximate surface area is 161 Å². The van der Waals surface area contributed by atoms with Crippen molar-refractivity contribution in [3.05, 3.63) is 41.5 Å². The van der Waals surface area contributed by atoms with Gasteiger partial charge in [-0.25, -0.2) is 17.9 Å². The van der Waals surface area contributed by atoms with E-state index in [4.69, 9.17) is 4.74 Å². The minimum atomic E-state index is -3.36. The molecule has 1 saturated heterocycles. The zero-order valence-electron chi connectivity index (χ0n) is 16.0. The normalized spacial score (nSPS) is 23.2. The number of hydrogen-bond acceptors (Lipinski definition) is 4. The van der Waals surface area contributed by atoms with Crippen molar-refractivity contribution in [2.45, 2.75) is 50.6 Å². The number of methoxy groups -OCH3 is 1. The van der Waals surface area contributed by atoms with Crippen LogP contribution in [-0.2, 0) is 21.2 Å². The second kappa shape index (κ2) is 8.44. The summed E-state index contributed by atoms with van der Waals surface area (Å²) in [6.07, 6.45) is 8.49. The average Bonchev–Trinajstić information content (AvgIpc) is 3.16. The number of nitrogens with one attached hydrogen (secondary N) is 1. The van der Waals surface area contributed by atoms with E-state index < -0.39 is 16.1 Å². The van der Waals surface area contributed by atoms with E-state index in [-0.39, 0.29) is 12.1 Å². The molecule has 0 saturated carbocycles. The van der Waals surface area contributed by atoms with Gasteiger partial charge < -0.3 is 9.64 Å². The molecule has 6 nitrogen and oxygen atoms in total. The molecule has 0 spiro atoms. The SMILES string of the molecule is COC(=O)N1CCC[C@@H](NS(C)(=O)=O)[C@H]1Cc1cccc(C2=CCCC2)c1. The molecule has 1 aliphatic heterocycles. The van der Waals surface area contributed by atoms with E-state index in [2.05, 4.69) is 22.9 Å². The summed E-state index contributed by atoms with van der Waals surface area (Å²) in [6, 6.07) is 7.77. The molecule has 3 rings (SSSR count). The van der Waals surface area contributed by atoms with Gasteiger partial charge in [0, 0.05) is 12.6 Å². The van der Waals surface area contributed by atoms with E-state index >= 15 is 0 Å². The zero-order chi connectivity index (χ0) is 19.4. The number of carbonyl (C=O) groups excluding carboxylic acids is 1. The Morgan fingerprint density at radius 3 is 2.81 bits per heavy atom. The second-order valence-electron chi connectivity index (χ2n) is 7.40. The molecule has 1 aliphatic carbocycles. The minimum absolute atomic E-state index is 0.270. The van der Waals surface area contributed by atoms with Crippen LogP contribution in [0, 0.1) is 0 Å². The summed E-state index contributed by atoms with van der Waals surface area (Å²) in [4.78, 5) is 13.9. The maximum Gasteiger partial charge on any atom is 0.409 e. The van der Waals surface area contributed by atoms with Crippen LogP contribution in [0.25, 0.3) is 5.57 Å². The summed E-state index contributed by atoms with van der Waals surface area (Å²) in [5.41, 5.74) is 3.69. The van der Waals surface area contributed by atoms with Gasteiger partial charge in [-0.05, 0) is 55.2 Å². The molecule has 1 heterocycles. The molecule has 2 aliphatic rings. The number of rotatable bonds is 5. The lowest BCUT2D eigenvalue weighted by atomic mass is 9.90. The van der Waals surface area contributed by atoms with Gasteiger partial charge in [0.1, 0.15) is 0 Å². The monoisotopic (exact) mass is 392 g/mol. The third kappa shape index (κ3) is 5.11. The fourth-order valence-electron chi connectivity index (χ4n) is 4.14. The minimum Gasteiger partial charge on any atom is -0.453 e. The maximum atomic E-state index is 12.3. The lowest BCUT2D eigenvalue weighted by Gasteiger charge is -2.40. The highest BCUT2D eigenvalue weighted by atomic mass is 32.2. The first-order valence-corrected chi connectivity index (χ1v) is 11.4. The highest BCUT2D eigenvalue weighted by Crippen LogP contribution is 2.29. The third-order valence-corrected chi connectivity index (χ3v) is 6.07. The molecule has 1 fully saturated rings. The van der Waals surface area contributed by atoms with Crippen LogP contribution in [-0.4, -0.2) is 51.4 Å². The molecule has 0 bridgehead atoms. The molecule has 1 aromatic rings. The van der Waals surface area contributed by atoms with Crippen molar-refractivity contribution < 1.29 is 17.9 Å². The first-order chi connectivity index (χ1) is 12.9. The molecule has 1 N–H and O–H groups in total. The Bertz CT molecular complexity index is 819. The number of ether oxygens (including phenoxy) is 1. The van der Waals surface area contributed by atoms with Gasteiger partial charge in [0.2, 0.25) is 10.0 Å². The first-order valence-electron chi connectivity index (χ1n) is 9.47. The van der Waals surface area contributed by atoms with Crippen molar-refractivity contribution in [2.75, 3.05) is 19.9 Å². The fraction of sp³-hybridized carbons (Fsp3) is 0.550. The van der Waals surface area contributed by atoms with Crippen molar-refractivity contribution in [1.29, 1.82) is 0 Å². The Morgan fingerprint density at radius 2 is 2.15 bits per heavy atom. The van der Waals surface area contributed by atoms with Gasteiger partial charge in [-0.15, -0.1) is 0 Å². The van der Waals surface area contributed by atoms with Crippen LogP contribution in [0.1, 0.15) is 43.2 Å². The largest absolute Gasteiger partial charge is 0.453 e. The molecule has 27 heavy (non-hydrogen) atoms. The predicted octanol–water partition coefficient (Wildman–Crippen LogP) is 2.95. The molecular formula is C20H28N2O4S. The quantitative estimate of drug-likeness (QED) is 0.836. The van der Waals surface area contributed by atoms with Gasteiger partial charge in [0.15, 0.2) is 0 Å². The molecule has 0 radical (unpaired) electrons. The van der Waals surface area contributed by atoms with Gasteiger partial charge >= 0.3 is 6.09 Å². The zero-order valence-corrected chi connectivity index (χ0v) is 16.8. The van der Waals surface area contributed by atoms with Gasteiger partial charge in [-0.1, -0.05) is 30.3 Å². The number of nitrogens with zero attached hydrogens (tertiary/aromatic N) is 1. The Balaban J connectivity index is 1.86. The highest BCUT2D eigenvalue weighted by Gasteiger charge is 2.36. The van der Waals surface area contributed by atoms with E-state index in [0.717, 1.165) is 31.1 Å². The van der Waals surface area contributed by atoms with E-state index in [1.165, 1.54) is 24.7 Å². The van der Waals surface area contributed by atoms with Gasteiger partial charge in [0.25, 0.3) is 0 Å². The number of benzene rings is 1. The summed E-state index contributed by atoms with van der Waals surface area (Å²) in [5, 5.41) is 0. The van der Waals surface area contributed by atoms with E-state index in [0.29, 0.717) is 19.4 Å². The van der Waals surface area contributed by atoms with Crippen molar-refractivity contribution in [1.82, 2.24) is 9.62 Å². The number of hydrogen-bond donors (Lipinski definition) is 1. The molecule has 0 unspecified atom stereocenters. The van der Waals surface area contributed by atoms with Crippen LogP contribution in [0.5, 0.6) is 0 Å². The molecule has 1 aromatic carbocycles. The Hall–Kier alpha value is -1.86. The fourth-order valence-corrected chi connectivity index (χ4v) is 4.96. The standard InChI is InChI=1S/C20H28N2O4S/c1-26-20(23)22-12-6-11-18(21-27(2,24)25)19(22)14-15-7-5-10-17(13-15)16-8-3-4-9-16/h5,7-8,10,13,18-19,21H,3-4,6,9,11-12,14H2,1-2H3/t18-,19-/m1/s1. The molecular weight excluding hydrogens is 364 g/mol. The van der Waals surface area contributed by atoms with Crippen molar-refractivity contribution >= 4 is 21.7 Å². The molecule has 0 aromatic heterocycles. The lowest BCUT2D eigenvalue weighted by molar-refractivity contribution is 0.0792. The number of carbonyl (C=O) groups is 1. The second-order valence-corrected chi connectivity index (χ2v) is 9.18. The van der Waals surface area contributed by atoms with Crippen LogP contribution >= 0.6 is 0 Å². The topological polar surface area (TPSA) is 75.7 Å². The summed E-state index contributed by atoms with van der Waals surface area (Å²) in [6.45, 7) is 0.574. The van der Waals surface area contributed by atoms with Gasteiger partial charge in [-0.3, -0.25) is 0 Å².